The van der Waals surface area contributed by atoms with Gasteiger partial charge < -0.3 is 24.7 Å². The number of halogens is 1. The zero-order chi connectivity index (χ0) is 20.3. The molecule has 2 atom stereocenters. The van der Waals surface area contributed by atoms with Crippen LogP contribution < -0.4 is 10.6 Å². The molecule has 172 valence electrons. The number of aliphatic imine (C=N–C) groups is 1. The lowest BCUT2D eigenvalue weighted by atomic mass is 9.86. The highest BCUT2D eigenvalue weighted by atomic mass is 127. The molecule has 1 aliphatic carbocycles. The Morgan fingerprint density at radius 2 is 2.00 bits per heavy atom. The van der Waals surface area contributed by atoms with Crippen LogP contribution in [0.3, 0.4) is 0 Å². The van der Waals surface area contributed by atoms with Gasteiger partial charge in [0.2, 0.25) is 0 Å². The first-order chi connectivity index (χ1) is 14.2. The van der Waals surface area contributed by atoms with Crippen LogP contribution in [-0.4, -0.2) is 62.8 Å². The van der Waals surface area contributed by atoms with Crippen LogP contribution >= 0.6 is 24.0 Å². The summed E-state index contributed by atoms with van der Waals surface area (Å²) in [6.45, 7) is 7.42. The Kier molecular flexibility index (Phi) is 12.1. The monoisotopic (exact) mass is 532 g/mol. The molecule has 2 aliphatic rings. The number of hydrogen-bond donors (Lipinski definition) is 2. The van der Waals surface area contributed by atoms with Gasteiger partial charge in [-0.05, 0) is 50.2 Å². The predicted octanol–water partition coefficient (Wildman–Crippen LogP) is 4.05. The van der Waals surface area contributed by atoms with E-state index in [0.717, 1.165) is 57.3 Å². The SMILES string of the molecule is COCCCN1CCC(NC(=NCCc2ccco2)NC2CCCCC2C)CC1.I. The second-order valence-corrected chi connectivity index (χ2v) is 8.68. The van der Waals surface area contributed by atoms with Crippen LogP contribution in [0.5, 0.6) is 0 Å². The zero-order valence-electron chi connectivity index (χ0n) is 18.8. The Morgan fingerprint density at radius 1 is 1.20 bits per heavy atom. The number of likely N-dealkylation sites (tertiary alicyclic amines) is 1. The third kappa shape index (κ3) is 8.75. The number of piperidine rings is 1. The molecule has 2 heterocycles. The number of methoxy groups -OCH3 is 1. The van der Waals surface area contributed by atoms with E-state index in [1.165, 1.54) is 38.5 Å². The minimum absolute atomic E-state index is 0. The minimum Gasteiger partial charge on any atom is -0.469 e. The first-order valence-corrected chi connectivity index (χ1v) is 11.6. The summed E-state index contributed by atoms with van der Waals surface area (Å²) in [5.41, 5.74) is 0. The van der Waals surface area contributed by atoms with Gasteiger partial charge in [-0.15, -0.1) is 24.0 Å². The molecule has 0 spiro atoms. The van der Waals surface area contributed by atoms with Crippen molar-refractivity contribution in [1.82, 2.24) is 15.5 Å². The highest BCUT2D eigenvalue weighted by molar-refractivity contribution is 14.0. The lowest BCUT2D eigenvalue weighted by molar-refractivity contribution is 0.155. The molecule has 1 saturated carbocycles. The van der Waals surface area contributed by atoms with Gasteiger partial charge in [-0.2, -0.15) is 0 Å². The molecular weight excluding hydrogens is 491 g/mol. The van der Waals surface area contributed by atoms with Gasteiger partial charge in [0.05, 0.1) is 6.26 Å². The van der Waals surface area contributed by atoms with Crippen molar-refractivity contribution < 1.29 is 9.15 Å². The average molecular weight is 533 g/mol. The second kappa shape index (κ2) is 14.3. The van der Waals surface area contributed by atoms with Gasteiger partial charge in [0.25, 0.3) is 0 Å². The van der Waals surface area contributed by atoms with Gasteiger partial charge in [0.1, 0.15) is 5.76 Å². The molecule has 1 aliphatic heterocycles. The van der Waals surface area contributed by atoms with Crippen LogP contribution in [0.2, 0.25) is 0 Å². The van der Waals surface area contributed by atoms with E-state index >= 15 is 0 Å². The third-order valence-electron chi connectivity index (χ3n) is 6.39. The molecular formula is C23H41IN4O2. The van der Waals surface area contributed by atoms with Crippen LogP contribution in [0.25, 0.3) is 0 Å². The molecule has 1 aromatic rings. The lowest BCUT2D eigenvalue weighted by Gasteiger charge is -2.35. The van der Waals surface area contributed by atoms with Gasteiger partial charge in [-0.1, -0.05) is 19.8 Å². The van der Waals surface area contributed by atoms with Gasteiger partial charge in [0, 0.05) is 58.4 Å². The molecule has 1 aromatic heterocycles. The summed E-state index contributed by atoms with van der Waals surface area (Å²) in [4.78, 5) is 7.46. The topological polar surface area (TPSA) is 62.0 Å². The summed E-state index contributed by atoms with van der Waals surface area (Å²) in [6, 6.07) is 5.01. The van der Waals surface area contributed by atoms with E-state index in [1.54, 1.807) is 13.4 Å². The molecule has 6 nitrogen and oxygen atoms in total. The maximum atomic E-state index is 5.46. The van der Waals surface area contributed by atoms with Crippen molar-refractivity contribution >= 4 is 29.9 Å². The standard InChI is InChI=1S/C23H40N4O2.HI/c1-19-7-3-4-9-22(19)26-23(24-13-10-21-8-5-18-29-21)25-20-11-15-27(16-12-20)14-6-17-28-2;/h5,8,18-20,22H,3-4,6-7,9-17H2,1-2H3,(H2,24,25,26);1H. The van der Waals surface area contributed by atoms with Crippen LogP contribution in [0, 0.1) is 5.92 Å². The second-order valence-electron chi connectivity index (χ2n) is 8.68. The summed E-state index contributed by atoms with van der Waals surface area (Å²) in [7, 11) is 1.78. The number of furan rings is 1. The molecule has 1 saturated heterocycles. The zero-order valence-corrected chi connectivity index (χ0v) is 21.1. The molecule has 2 unspecified atom stereocenters. The van der Waals surface area contributed by atoms with Crippen molar-refractivity contribution in [3.8, 4) is 0 Å². The highest BCUT2D eigenvalue weighted by Gasteiger charge is 2.24. The summed E-state index contributed by atoms with van der Waals surface area (Å²) < 4.78 is 10.6. The van der Waals surface area contributed by atoms with Gasteiger partial charge in [0.15, 0.2) is 5.96 Å². The molecule has 3 rings (SSSR count). The van der Waals surface area contributed by atoms with Crippen molar-refractivity contribution in [3.63, 3.8) is 0 Å². The van der Waals surface area contributed by atoms with Crippen molar-refractivity contribution in [2.45, 2.75) is 70.4 Å². The lowest BCUT2D eigenvalue weighted by Crippen LogP contribution is -2.52. The number of guanidine groups is 1. The van der Waals surface area contributed by atoms with E-state index in [2.05, 4.69) is 22.5 Å². The molecule has 7 heteroatoms. The Balaban J connectivity index is 0.00000320. The molecule has 0 bridgehead atoms. The summed E-state index contributed by atoms with van der Waals surface area (Å²) in [6.07, 6.45) is 11.3. The first-order valence-electron chi connectivity index (χ1n) is 11.6. The summed E-state index contributed by atoms with van der Waals surface area (Å²) in [5.74, 6) is 2.71. The molecule has 0 radical (unpaired) electrons. The van der Waals surface area contributed by atoms with E-state index in [-0.39, 0.29) is 24.0 Å². The van der Waals surface area contributed by atoms with E-state index in [4.69, 9.17) is 14.1 Å². The van der Waals surface area contributed by atoms with Crippen molar-refractivity contribution in [1.29, 1.82) is 0 Å². The summed E-state index contributed by atoms with van der Waals surface area (Å²) >= 11 is 0. The fraction of sp³-hybridized carbons (Fsp3) is 0.783. The smallest absolute Gasteiger partial charge is 0.191 e. The number of hydrogen-bond acceptors (Lipinski definition) is 4. The fourth-order valence-corrected chi connectivity index (χ4v) is 4.50. The highest BCUT2D eigenvalue weighted by Crippen LogP contribution is 2.23. The molecule has 2 N–H and O–H groups in total. The Morgan fingerprint density at radius 3 is 2.70 bits per heavy atom. The maximum Gasteiger partial charge on any atom is 0.191 e. The first kappa shape index (κ1) is 25.5. The number of nitrogens with zero attached hydrogens (tertiary/aromatic N) is 2. The van der Waals surface area contributed by atoms with Crippen LogP contribution in [0.1, 0.15) is 57.6 Å². The van der Waals surface area contributed by atoms with Crippen LogP contribution in [0.15, 0.2) is 27.8 Å². The van der Waals surface area contributed by atoms with E-state index in [1.807, 2.05) is 12.1 Å². The largest absolute Gasteiger partial charge is 0.469 e. The van der Waals surface area contributed by atoms with Gasteiger partial charge >= 0.3 is 0 Å². The molecule has 0 amide bonds. The van der Waals surface area contributed by atoms with Crippen LogP contribution in [0.4, 0.5) is 0 Å². The van der Waals surface area contributed by atoms with E-state index in [0.29, 0.717) is 18.0 Å². The van der Waals surface area contributed by atoms with Gasteiger partial charge in [-0.3, -0.25) is 4.99 Å². The normalized spacial score (nSPS) is 23.7. The molecule has 2 fully saturated rings. The summed E-state index contributed by atoms with van der Waals surface area (Å²) in [5, 5.41) is 7.51. The quantitative estimate of drug-likeness (QED) is 0.218. The maximum absolute atomic E-state index is 5.46. The molecule has 30 heavy (non-hydrogen) atoms. The van der Waals surface area contributed by atoms with Crippen molar-refractivity contribution in [2.75, 3.05) is 39.9 Å². The Labute approximate surface area is 199 Å². The number of rotatable bonds is 9. The predicted molar refractivity (Wildman–Crippen MR) is 134 cm³/mol. The van der Waals surface area contributed by atoms with Crippen molar-refractivity contribution in [2.24, 2.45) is 10.9 Å². The molecule has 0 aromatic carbocycles. The Bertz CT molecular complexity index is 588. The average Bonchev–Trinajstić information content (AvgIpc) is 3.25. The van der Waals surface area contributed by atoms with E-state index in [9.17, 15) is 0 Å². The van der Waals surface area contributed by atoms with Crippen LogP contribution in [-0.2, 0) is 11.2 Å². The minimum atomic E-state index is 0. The third-order valence-corrected chi connectivity index (χ3v) is 6.39. The number of ether oxygens (including phenoxy) is 1. The Hall–Kier alpha value is -0.800. The van der Waals surface area contributed by atoms with Gasteiger partial charge in [-0.25, -0.2) is 0 Å². The number of nitrogens with one attached hydrogen (secondary N) is 2. The fourth-order valence-electron chi connectivity index (χ4n) is 4.50. The van der Waals surface area contributed by atoms with Crippen molar-refractivity contribution in [3.05, 3.63) is 24.2 Å². The van der Waals surface area contributed by atoms with E-state index < -0.39 is 0 Å².